The molecule has 14 heavy (non-hydrogen) atoms. The van der Waals surface area contributed by atoms with Crippen molar-refractivity contribution >= 4 is 23.3 Å². The van der Waals surface area contributed by atoms with Crippen molar-refractivity contribution in [3.8, 4) is 0 Å². The van der Waals surface area contributed by atoms with E-state index in [0.717, 1.165) is 0 Å². The number of hydrogen-bond acceptors (Lipinski definition) is 2. The molecule has 3 nitrogen and oxygen atoms in total. The number of nitrogens with two attached hydrogens (primary N) is 1. The van der Waals surface area contributed by atoms with Gasteiger partial charge in [0.15, 0.2) is 0 Å². The van der Waals surface area contributed by atoms with Crippen LogP contribution in [-0.2, 0) is 10.2 Å². The van der Waals surface area contributed by atoms with Crippen LogP contribution in [0.5, 0.6) is 0 Å². The maximum atomic E-state index is 11.0. The van der Waals surface area contributed by atoms with E-state index in [1.807, 2.05) is 0 Å². The summed E-state index contributed by atoms with van der Waals surface area (Å²) < 4.78 is 0. The molecule has 0 aliphatic heterocycles. The van der Waals surface area contributed by atoms with Crippen LogP contribution >= 0.6 is 11.6 Å². The number of hydrogen-bond donors (Lipinski definition) is 2. The molecule has 0 radical (unpaired) electrons. The minimum Gasteiger partial charge on any atom is -0.481 e. The molecule has 1 rings (SSSR count). The Morgan fingerprint density at radius 1 is 1.50 bits per heavy atom. The molecule has 0 aromatic heterocycles. The lowest BCUT2D eigenvalue weighted by Crippen LogP contribution is -2.29. The van der Waals surface area contributed by atoms with Gasteiger partial charge in [-0.15, -0.1) is 0 Å². The zero-order valence-electron chi connectivity index (χ0n) is 8.04. The number of halogens is 1. The van der Waals surface area contributed by atoms with Gasteiger partial charge in [-0.05, 0) is 31.5 Å². The average molecular weight is 214 g/mol. The van der Waals surface area contributed by atoms with Crippen LogP contribution in [0.1, 0.15) is 19.4 Å². The molecular formula is C10H12ClNO2. The zero-order chi connectivity index (χ0) is 10.9. The molecule has 0 spiro atoms. The van der Waals surface area contributed by atoms with Crippen molar-refractivity contribution < 1.29 is 9.90 Å². The largest absolute Gasteiger partial charge is 0.481 e. The minimum absolute atomic E-state index is 0.407. The molecule has 0 aliphatic rings. The van der Waals surface area contributed by atoms with Crippen molar-refractivity contribution in [1.82, 2.24) is 0 Å². The fourth-order valence-corrected chi connectivity index (χ4v) is 1.40. The second kappa shape index (κ2) is 3.50. The molecule has 0 saturated carbocycles. The molecule has 1 aromatic rings. The lowest BCUT2D eigenvalue weighted by molar-refractivity contribution is -0.142. The van der Waals surface area contributed by atoms with Crippen LogP contribution in [-0.4, -0.2) is 11.1 Å². The highest BCUT2D eigenvalue weighted by atomic mass is 35.5. The standard InChI is InChI=1S/C10H12ClNO2/c1-10(2,9(13)14)7-4-3-6(11)5-8(7)12/h3-5H,12H2,1-2H3,(H,13,14). The third-order valence-corrected chi connectivity index (χ3v) is 2.46. The lowest BCUT2D eigenvalue weighted by atomic mass is 9.84. The summed E-state index contributed by atoms with van der Waals surface area (Å²) in [6.07, 6.45) is 0. The number of benzene rings is 1. The number of carbonyl (C=O) groups is 1. The Morgan fingerprint density at radius 2 is 2.07 bits per heavy atom. The maximum absolute atomic E-state index is 11.0. The summed E-state index contributed by atoms with van der Waals surface area (Å²) in [5.41, 5.74) is 5.69. The predicted octanol–water partition coefficient (Wildman–Crippen LogP) is 2.28. The van der Waals surface area contributed by atoms with Crippen LogP contribution in [0.3, 0.4) is 0 Å². The van der Waals surface area contributed by atoms with Crippen molar-refractivity contribution in [3.63, 3.8) is 0 Å². The van der Waals surface area contributed by atoms with Crippen molar-refractivity contribution in [2.75, 3.05) is 5.73 Å². The van der Waals surface area contributed by atoms with E-state index < -0.39 is 11.4 Å². The third kappa shape index (κ3) is 1.82. The maximum Gasteiger partial charge on any atom is 0.313 e. The summed E-state index contributed by atoms with van der Waals surface area (Å²) >= 11 is 5.72. The van der Waals surface area contributed by atoms with Gasteiger partial charge in [0, 0.05) is 10.7 Å². The topological polar surface area (TPSA) is 63.3 Å². The molecular weight excluding hydrogens is 202 g/mol. The molecule has 4 heteroatoms. The minimum atomic E-state index is -0.991. The van der Waals surface area contributed by atoms with Gasteiger partial charge < -0.3 is 10.8 Å². The molecule has 76 valence electrons. The monoisotopic (exact) mass is 213 g/mol. The second-order valence-electron chi connectivity index (χ2n) is 3.66. The fourth-order valence-electron chi connectivity index (χ4n) is 1.22. The summed E-state index contributed by atoms with van der Waals surface area (Å²) in [7, 11) is 0. The van der Waals surface area contributed by atoms with E-state index in [-0.39, 0.29) is 0 Å². The smallest absolute Gasteiger partial charge is 0.313 e. The molecule has 0 heterocycles. The summed E-state index contributed by atoms with van der Waals surface area (Å²) in [5.74, 6) is -0.911. The molecule has 0 atom stereocenters. The fraction of sp³-hybridized carbons (Fsp3) is 0.300. The van der Waals surface area contributed by atoms with Crippen molar-refractivity contribution in [1.29, 1.82) is 0 Å². The molecule has 0 saturated heterocycles. The zero-order valence-corrected chi connectivity index (χ0v) is 8.80. The quantitative estimate of drug-likeness (QED) is 0.741. The number of carboxylic acids is 1. The van der Waals surface area contributed by atoms with Gasteiger partial charge in [-0.25, -0.2) is 0 Å². The first-order valence-corrected chi connectivity index (χ1v) is 4.52. The van der Waals surface area contributed by atoms with Gasteiger partial charge >= 0.3 is 5.97 Å². The summed E-state index contributed by atoms with van der Waals surface area (Å²) in [5, 5.41) is 9.51. The highest BCUT2D eigenvalue weighted by Gasteiger charge is 2.31. The van der Waals surface area contributed by atoms with Gasteiger partial charge in [0.2, 0.25) is 0 Å². The van der Waals surface area contributed by atoms with Gasteiger partial charge in [0.05, 0.1) is 5.41 Å². The number of aliphatic carboxylic acids is 1. The molecule has 0 aliphatic carbocycles. The Morgan fingerprint density at radius 3 is 2.50 bits per heavy atom. The number of anilines is 1. The van der Waals surface area contributed by atoms with E-state index in [1.165, 1.54) is 0 Å². The molecule has 0 bridgehead atoms. The van der Waals surface area contributed by atoms with Crippen molar-refractivity contribution in [2.45, 2.75) is 19.3 Å². The summed E-state index contributed by atoms with van der Waals surface area (Å²) in [6, 6.07) is 4.84. The average Bonchev–Trinajstić information content (AvgIpc) is 2.02. The van der Waals surface area contributed by atoms with E-state index in [4.69, 9.17) is 22.4 Å². The molecule has 0 fully saturated rings. The Bertz CT molecular complexity index is 374. The summed E-state index contributed by atoms with van der Waals surface area (Å²) in [6.45, 7) is 3.21. The van der Waals surface area contributed by atoms with Crippen LogP contribution in [0.2, 0.25) is 5.02 Å². The Balaban J connectivity index is 3.26. The van der Waals surface area contributed by atoms with Gasteiger partial charge in [-0.2, -0.15) is 0 Å². The normalized spacial score (nSPS) is 11.4. The SMILES string of the molecule is CC(C)(C(=O)O)c1ccc(Cl)cc1N. The Labute approximate surface area is 87.5 Å². The van der Waals surface area contributed by atoms with E-state index in [1.54, 1.807) is 32.0 Å². The van der Waals surface area contributed by atoms with Gasteiger partial charge in [0.1, 0.15) is 0 Å². The van der Waals surface area contributed by atoms with E-state index in [0.29, 0.717) is 16.3 Å². The highest BCUT2D eigenvalue weighted by Crippen LogP contribution is 2.30. The van der Waals surface area contributed by atoms with E-state index >= 15 is 0 Å². The molecule has 3 N–H and O–H groups in total. The number of rotatable bonds is 2. The van der Waals surface area contributed by atoms with Crippen molar-refractivity contribution in [2.24, 2.45) is 0 Å². The number of nitrogen functional groups attached to an aromatic ring is 1. The molecule has 0 unspecified atom stereocenters. The Kier molecular flexibility index (Phi) is 2.71. The number of carboxylic acid groups (broad SMARTS) is 1. The predicted molar refractivity (Wildman–Crippen MR) is 56.5 cm³/mol. The van der Waals surface area contributed by atoms with Gasteiger partial charge in [0.25, 0.3) is 0 Å². The van der Waals surface area contributed by atoms with Crippen LogP contribution in [0.4, 0.5) is 5.69 Å². The molecule has 1 aromatic carbocycles. The van der Waals surface area contributed by atoms with Crippen molar-refractivity contribution in [3.05, 3.63) is 28.8 Å². The lowest BCUT2D eigenvalue weighted by Gasteiger charge is -2.21. The second-order valence-corrected chi connectivity index (χ2v) is 4.10. The first-order valence-electron chi connectivity index (χ1n) is 4.14. The first-order chi connectivity index (χ1) is 6.35. The van der Waals surface area contributed by atoms with Crippen LogP contribution < -0.4 is 5.73 Å². The van der Waals surface area contributed by atoms with Crippen LogP contribution in [0, 0.1) is 0 Å². The summed E-state index contributed by atoms with van der Waals surface area (Å²) in [4.78, 5) is 11.0. The van der Waals surface area contributed by atoms with Crippen LogP contribution in [0.15, 0.2) is 18.2 Å². The van der Waals surface area contributed by atoms with Gasteiger partial charge in [-0.3, -0.25) is 4.79 Å². The van der Waals surface area contributed by atoms with Crippen LogP contribution in [0.25, 0.3) is 0 Å². The highest BCUT2D eigenvalue weighted by molar-refractivity contribution is 6.30. The van der Waals surface area contributed by atoms with E-state index in [2.05, 4.69) is 0 Å². The Hall–Kier alpha value is -1.22. The first kappa shape index (κ1) is 10.9. The van der Waals surface area contributed by atoms with Gasteiger partial charge in [-0.1, -0.05) is 17.7 Å². The molecule has 0 amide bonds. The third-order valence-electron chi connectivity index (χ3n) is 2.22. The van der Waals surface area contributed by atoms with E-state index in [9.17, 15) is 4.79 Å².